The Labute approximate surface area is 109 Å². The van der Waals surface area contributed by atoms with Crippen LogP contribution in [0.15, 0.2) is 24.7 Å². The number of nitrogens with one attached hydrogen (secondary N) is 1. The van der Waals surface area contributed by atoms with Gasteiger partial charge in [0.05, 0.1) is 24.8 Å². The first-order valence-electron chi connectivity index (χ1n) is 5.86. The van der Waals surface area contributed by atoms with Gasteiger partial charge in [-0.3, -0.25) is 4.79 Å². The van der Waals surface area contributed by atoms with Gasteiger partial charge in [0.2, 0.25) is 0 Å². The summed E-state index contributed by atoms with van der Waals surface area (Å²) in [5, 5.41) is 21.3. The largest absolute Gasteiger partial charge is 0.489 e. The maximum absolute atomic E-state index is 12.2. The lowest BCUT2D eigenvalue weighted by Crippen LogP contribution is -2.48. The standard InChI is InChI=1S/C11H12BN3O4/c16-11(14-8-5-19-6-8)9-3-7(12(17)18)4-15-2-1-13-10(9)15/h1-4,8,17-18H,5-6H2,(H,14,16). The average molecular weight is 261 g/mol. The summed E-state index contributed by atoms with van der Waals surface area (Å²) >= 11 is 0. The van der Waals surface area contributed by atoms with Crippen LogP contribution in [-0.2, 0) is 4.74 Å². The normalized spacial score (nSPS) is 15.3. The van der Waals surface area contributed by atoms with Crippen LogP contribution in [0, 0.1) is 0 Å². The molecule has 0 aliphatic carbocycles. The Morgan fingerprint density at radius 3 is 2.95 bits per heavy atom. The molecular weight excluding hydrogens is 249 g/mol. The highest BCUT2D eigenvalue weighted by molar-refractivity contribution is 6.58. The molecule has 1 aliphatic heterocycles. The smallest absolute Gasteiger partial charge is 0.423 e. The molecule has 1 saturated heterocycles. The van der Waals surface area contributed by atoms with Crippen LogP contribution in [0.25, 0.3) is 5.65 Å². The lowest BCUT2D eigenvalue weighted by molar-refractivity contribution is -0.00344. The van der Waals surface area contributed by atoms with Gasteiger partial charge >= 0.3 is 7.12 Å². The van der Waals surface area contributed by atoms with Crippen LogP contribution >= 0.6 is 0 Å². The molecule has 1 amide bonds. The number of carbonyl (C=O) groups is 1. The lowest BCUT2D eigenvalue weighted by atomic mass is 9.81. The Morgan fingerprint density at radius 1 is 1.53 bits per heavy atom. The second kappa shape index (κ2) is 4.65. The summed E-state index contributed by atoms with van der Waals surface area (Å²) in [6, 6.07) is 1.44. The summed E-state index contributed by atoms with van der Waals surface area (Å²) in [6.45, 7) is 0.998. The first-order chi connectivity index (χ1) is 9.15. The van der Waals surface area contributed by atoms with Crippen molar-refractivity contribution in [3.63, 3.8) is 0 Å². The Balaban J connectivity index is 1.99. The van der Waals surface area contributed by atoms with Crippen molar-refractivity contribution in [2.24, 2.45) is 0 Å². The zero-order chi connectivity index (χ0) is 13.4. The van der Waals surface area contributed by atoms with Gasteiger partial charge in [0.25, 0.3) is 5.91 Å². The number of pyridine rings is 1. The van der Waals surface area contributed by atoms with Crippen LogP contribution in [0.2, 0.25) is 0 Å². The topological polar surface area (TPSA) is 96.1 Å². The van der Waals surface area contributed by atoms with Crippen LogP contribution in [0.1, 0.15) is 10.4 Å². The number of aromatic nitrogens is 2. The Bertz CT molecular complexity index is 623. The summed E-state index contributed by atoms with van der Waals surface area (Å²) in [7, 11) is -1.63. The van der Waals surface area contributed by atoms with Crippen LogP contribution < -0.4 is 10.8 Å². The molecule has 0 spiro atoms. The van der Waals surface area contributed by atoms with Gasteiger partial charge in [-0.1, -0.05) is 0 Å². The minimum atomic E-state index is -1.63. The highest BCUT2D eigenvalue weighted by Crippen LogP contribution is 2.09. The van der Waals surface area contributed by atoms with E-state index >= 15 is 0 Å². The van der Waals surface area contributed by atoms with Gasteiger partial charge in [0.1, 0.15) is 5.65 Å². The molecule has 7 nitrogen and oxygen atoms in total. The fourth-order valence-electron chi connectivity index (χ4n) is 1.95. The molecule has 1 aliphatic rings. The minimum Gasteiger partial charge on any atom is -0.423 e. The van der Waals surface area contributed by atoms with Gasteiger partial charge in [-0.2, -0.15) is 0 Å². The molecule has 0 atom stereocenters. The summed E-state index contributed by atoms with van der Waals surface area (Å²) in [5.74, 6) is -0.299. The van der Waals surface area contributed by atoms with Crippen LogP contribution in [0.3, 0.4) is 0 Å². The Hall–Kier alpha value is -1.90. The average Bonchev–Trinajstić information content (AvgIpc) is 2.80. The summed E-state index contributed by atoms with van der Waals surface area (Å²) in [6.07, 6.45) is 4.72. The van der Waals surface area contributed by atoms with E-state index in [4.69, 9.17) is 4.74 Å². The number of amides is 1. The second-order valence-electron chi connectivity index (χ2n) is 4.43. The number of hydrogen-bond donors (Lipinski definition) is 3. The predicted octanol–water partition coefficient (Wildman–Crippen LogP) is -1.86. The van der Waals surface area contributed by atoms with E-state index in [1.165, 1.54) is 12.3 Å². The van der Waals surface area contributed by atoms with Gasteiger partial charge in [0, 0.05) is 18.6 Å². The number of carbonyl (C=O) groups excluding carboxylic acids is 1. The fraction of sp³-hybridized carbons (Fsp3) is 0.273. The third-order valence-electron chi connectivity index (χ3n) is 3.02. The van der Waals surface area contributed by atoms with Crippen LogP contribution in [0.4, 0.5) is 0 Å². The monoisotopic (exact) mass is 261 g/mol. The van der Waals surface area contributed by atoms with Gasteiger partial charge in [0.15, 0.2) is 0 Å². The molecule has 1 fully saturated rings. The minimum absolute atomic E-state index is 0.00483. The molecule has 2 aromatic heterocycles. The molecule has 3 heterocycles. The van der Waals surface area contributed by atoms with E-state index in [1.54, 1.807) is 16.8 Å². The third kappa shape index (κ3) is 2.21. The fourth-order valence-corrected chi connectivity index (χ4v) is 1.95. The van der Waals surface area contributed by atoms with E-state index < -0.39 is 7.12 Å². The first-order valence-corrected chi connectivity index (χ1v) is 5.86. The SMILES string of the molecule is O=C(NC1COC1)c1cc(B(O)O)cn2ccnc12. The van der Waals surface area contributed by atoms with Crippen molar-refractivity contribution < 1.29 is 19.6 Å². The quantitative estimate of drug-likeness (QED) is 0.563. The molecule has 0 aromatic carbocycles. The van der Waals surface area contributed by atoms with E-state index in [1.807, 2.05) is 0 Å². The molecule has 8 heteroatoms. The number of ether oxygens (including phenoxy) is 1. The summed E-state index contributed by atoms with van der Waals surface area (Å²) < 4.78 is 6.57. The lowest BCUT2D eigenvalue weighted by Gasteiger charge is -2.26. The molecular formula is C11H12BN3O4. The van der Waals surface area contributed by atoms with E-state index in [0.29, 0.717) is 24.4 Å². The number of imidazole rings is 1. The number of fused-ring (bicyclic) bond motifs is 1. The van der Waals surface area contributed by atoms with Crippen molar-refractivity contribution in [3.05, 3.63) is 30.2 Å². The molecule has 0 saturated carbocycles. The van der Waals surface area contributed by atoms with E-state index in [0.717, 1.165) is 0 Å². The first kappa shape index (κ1) is 12.2. The summed E-state index contributed by atoms with van der Waals surface area (Å²) in [5.41, 5.74) is 1.02. The molecule has 0 radical (unpaired) electrons. The van der Waals surface area contributed by atoms with E-state index in [2.05, 4.69) is 10.3 Å². The molecule has 0 unspecified atom stereocenters. The zero-order valence-corrected chi connectivity index (χ0v) is 9.98. The number of rotatable bonds is 3. The third-order valence-corrected chi connectivity index (χ3v) is 3.02. The highest BCUT2D eigenvalue weighted by Gasteiger charge is 2.24. The maximum Gasteiger partial charge on any atom is 0.489 e. The van der Waals surface area contributed by atoms with Crippen molar-refractivity contribution >= 4 is 24.1 Å². The summed E-state index contributed by atoms with van der Waals surface area (Å²) in [4.78, 5) is 16.3. The zero-order valence-electron chi connectivity index (χ0n) is 9.98. The molecule has 19 heavy (non-hydrogen) atoms. The van der Waals surface area contributed by atoms with Gasteiger partial charge in [-0.25, -0.2) is 4.98 Å². The number of hydrogen-bond acceptors (Lipinski definition) is 5. The maximum atomic E-state index is 12.2. The van der Waals surface area contributed by atoms with Gasteiger partial charge in [-0.05, 0) is 11.5 Å². The van der Waals surface area contributed by atoms with Crippen molar-refractivity contribution in [2.75, 3.05) is 13.2 Å². The Kier molecular flexibility index (Phi) is 2.98. The van der Waals surface area contributed by atoms with Crippen molar-refractivity contribution in [3.8, 4) is 0 Å². The van der Waals surface area contributed by atoms with Gasteiger partial charge < -0.3 is 24.5 Å². The van der Waals surface area contributed by atoms with Crippen molar-refractivity contribution in [1.29, 1.82) is 0 Å². The van der Waals surface area contributed by atoms with Crippen LogP contribution in [-0.4, -0.2) is 51.7 Å². The van der Waals surface area contributed by atoms with Crippen molar-refractivity contribution in [1.82, 2.24) is 14.7 Å². The second-order valence-corrected chi connectivity index (χ2v) is 4.43. The Morgan fingerprint density at radius 2 is 2.32 bits per heavy atom. The molecule has 3 N–H and O–H groups in total. The number of nitrogens with zero attached hydrogens (tertiary/aromatic N) is 2. The van der Waals surface area contributed by atoms with Crippen LogP contribution in [0.5, 0.6) is 0 Å². The molecule has 3 rings (SSSR count). The van der Waals surface area contributed by atoms with Gasteiger partial charge in [-0.15, -0.1) is 0 Å². The van der Waals surface area contributed by atoms with E-state index in [-0.39, 0.29) is 17.4 Å². The molecule has 98 valence electrons. The predicted molar refractivity (Wildman–Crippen MR) is 67.1 cm³/mol. The van der Waals surface area contributed by atoms with E-state index in [9.17, 15) is 14.8 Å². The molecule has 0 bridgehead atoms. The molecule has 2 aromatic rings. The van der Waals surface area contributed by atoms with Crippen molar-refractivity contribution in [2.45, 2.75) is 6.04 Å². The highest BCUT2D eigenvalue weighted by atomic mass is 16.5.